The van der Waals surface area contributed by atoms with Crippen LogP contribution in [0.2, 0.25) is 0 Å². The Morgan fingerprint density at radius 1 is 1.38 bits per heavy atom. The number of unbranched alkanes of at least 4 members (excludes halogenated alkanes) is 1. The van der Waals surface area contributed by atoms with Crippen LogP contribution in [0.3, 0.4) is 0 Å². The van der Waals surface area contributed by atoms with Crippen LogP contribution >= 0.6 is 0 Å². The number of nitrogens with one attached hydrogen (secondary N) is 1. The van der Waals surface area contributed by atoms with Gasteiger partial charge in [-0.1, -0.05) is 5.21 Å². The summed E-state index contributed by atoms with van der Waals surface area (Å²) in [5.41, 5.74) is 0.913. The van der Waals surface area contributed by atoms with Crippen LogP contribution in [-0.4, -0.2) is 27.7 Å². The predicted octanol–water partition coefficient (Wildman–Crippen LogP) is 1.64. The van der Waals surface area contributed by atoms with E-state index in [0.29, 0.717) is 19.5 Å². The van der Waals surface area contributed by atoms with Crippen molar-refractivity contribution in [1.29, 1.82) is 0 Å². The first kappa shape index (κ1) is 13.0. The van der Waals surface area contributed by atoms with Crippen LogP contribution in [-0.2, 0) is 13.6 Å². The van der Waals surface area contributed by atoms with Crippen molar-refractivity contribution in [2.45, 2.75) is 32.0 Å². The Kier molecular flexibility index (Phi) is 4.72. The third-order valence-corrected chi connectivity index (χ3v) is 2.18. The molecule has 0 aliphatic heterocycles. The van der Waals surface area contributed by atoms with E-state index in [-0.39, 0.29) is 6.42 Å². The fourth-order valence-electron chi connectivity index (χ4n) is 1.26. The average molecular weight is 236 g/mol. The standard InChI is InChI=1S/C9H15F3N4/c1-16-8(7-14-15-16)6-13-5-3-2-4-9(10,11)12/h7,13H,2-6H2,1H3. The highest BCUT2D eigenvalue weighted by atomic mass is 19.4. The monoisotopic (exact) mass is 236 g/mol. The van der Waals surface area contributed by atoms with E-state index < -0.39 is 12.6 Å². The van der Waals surface area contributed by atoms with Gasteiger partial charge in [0.1, 0.15) is 0 Å². The number of aryl methyl sites for hydroxylation is 1. The van der Waals surface area contributed by atoms with Crippen molar-refractivity contribution >= 4 is 0 Å². The molecule has 0 radical (unpaired) electrons. The van der Waals surface area contributed by atoms with E-state index in [0.717, 1.165) is 5.69 Å². The van der Waals surface area contributed by atoms with E-state index >= 15 is 0 Å². The minimum atomic E-state index is -4.04. The smallest absolute Gasteiger partial charge is 0.311 e. The zero-order valence-corrected chi connectivity index (χ0v) is 9.09. The maximum absolute atomic E-state index is 11.8. The third kappa shape index (κ3) is 5.11. The summed E-state index contributed by atoms with van der Waals surface area (Å²) in [6, 6.07) is 0. The molecule has 0 saturated carbocycles. The molecular weight excluding hydrogens is 221 g/mol. The van der Waals surface area contributed by atoms with Crippen LogP contribution in [0.1, 0.15) is 25.0 Å². The molecule has 0 aliphatic rings. The van der Waals surface area contributed by atoms with Gasteiger partial charge in [0.25, 0.3) is 0 Å². The highest BCUT2D eigenvalue weighted by Gasteiger charge is 2.25. The van der Waals surface area contributed by atoms with Gasteiger partial charge in [-0.25, -0.2) is 0 Å². The molecule has 0 unspecified atom stereocenters. The molecule has 16 heavy (non-hydrogen) atoms. The maximum atomic E-state index is 11.8. The summed E-state index contributed by atoms with van der Waals surface area (Å²) >= 11 is 0. The molecule has 7 heteroatoms. The van der Waals surface area contributed by atoms with Gasteiger partial charge in [0.05, 0.1) is 11.9 Å². The van der Waals surface area contributed by atoms with Crippen LogP contribution in [0.15, 0.2) is 6.20 Å². The van der Waals surface area contributed by atoms with E-state index in [1.54, 1.807) is 17.9 Å². The fourth-order valence-corrected chi connectivity index (χ4v) is 1.26. The number of hydrogen-bond donors (Lipinski definition) is 1. The van der Waals surface area contributed by atoms with Gasteiger partial charge >= 0.3 is 6.18 Å². The number of alkyl halides is 3. The van der Waals surface area contributed by atoms with Crippen molar-refractivity contribution in [2.24, 2.45) is 7.05 Å². The van der Waals surface area contributed by atoms with Crippen LogP contribution in [0.25, 0.3) is 0 Å². The number of aromatic nitrogens is 3. The lowest BCUT2D eigenvalue weighted by molar-refractivity contribution is -0.135. The van der Waals surface area contributed by atoms with Gasteiger partial charge in [0, 0.05) is 20.0 Å². The summed E-state index contributed by atoms with van der Waals surface area (Å²) < 4.78 is 37.0. The van der Waals surface area contributed by atoms with Crippen molar-refractivity contribution in [2.75, 3.05) is 6.54 Å². The van der Waals surface area contributed by atoms with E-state index in [4.69, 9.17) is 0 Å². The van der Waals surface area contributed by atoms with Crippen LogP contribution in [0.5, 0.6) is 0 Å². The molecule has 1 aromatic heterocycles. The van der Waals surface area contributed by atoms with E-state index in [1.165, 1.54) is 0 Å². The molecule has 0 spiro atoms. The van der Waals surface area contributed by atoms with Gasteiger partial charge < -0.3 is 5.32 Å². The van der Waals surface area contributed by atoms with Crippen molar-refractivity contribution in [3.8, 4) is 0 Å². The number of rotatable bonds is 6. The van der Waals surface area contributed by atoms with Crippen molar-refractivity contribution in [1.82, 2.24) is 20.3 Å². The predicted molar refractivity (Wildman–Crippen MR) is 52.6 cm³/mol. The lowest BCUT2D eigenvalue weighted by atomic mass is 10.2. The molecule has 0 saturated heterocycles. The molecule has 0 fully saturated rings. The molecular formula is C9H15F3N4. The first-order valence-corrected chi connectivity index (χ1v) is 5.10. The summed E-state index contributed by atoms with van der Waals surface area (Å²) in [6.07, 6.45) is -2.43. The molecule has 1 heterocycles. The second kappa shape index (κ2) is 5.83. The zero-order chi connectivity index (χ0) is 12.0. The first-order valence-electron chi connectivity index (χ1n) is 5.10. The summed E-state index contributed by atoms with van der Waals surface area (Å²) in [7, 11) is 1.77. The second-order valence-electron chi connectivity index (χ2n) is 3.60. The highest BCUT2D eigenvalue weighted by Crippen LogP contribution is 2.21. The highest BCUT2D eigenvalue weighted by molar-refractivity contribution is 4.91. The Hall–Kier alpha value is -1.11. The van der Waals surface area contributed by atoms with Gasteiger partial charge in [0.15, 0.2) is 0 Å². The molecule has 1 N–H and O–H groups in total. The Labute approximate surface area is 91.8 Å². The van der Waals surface area contributed by atoms with E-state index in [2.05, 4.69) is 15.6 Å². The Bertz CT molecular complexity index is 308. The molecule has 1 aromatic rings. The molecule has 4 nitrogen and oxygen atoms in total. The van der Waals surface area contributed by atoms with Crippen molar-refractivity contribution in [3.05, 3.63) is 11.9 Å². The quantitative estimate of drug-likeness (QED) is 0.763. The minimum Gasteiger partial charge on any atom is -0.311 e. The van der Waals surface area contributed by atoms with Crippen LogP contribution < -0.4 is 5.32 Å². The number of hydrogen-bond acceptors (Lipinski definition) is 3. The zero-order valence-electron chi connectivity index (χ0n) is 9.09. The Morgan fingerprint density at radius 3 is 2.69 bits per heavy atom. The molecule has 0 aliphatic carbocycles. The largest absolute Gasteiger partial charge is 0.389 e. The summed E-state index contributed by atoms with van der Waals surface area (Å²) in [6.45, 7) is 1.15. The normalized spacial score (nSPS) is 12.0. The Balaban J connectivity index is 2.03. The van der Waals surface area contributed by atoms with Gasteiger partial charge in [-0.3, -0.25) is 4.68 Å². The fraction of sp³-hybridized carbons (Fsp3) is 0.778. The average Bonchev–Trinajstić information content (AvgIpc) is 2.56. The van der Waals surface area contributed by atoms with Crippen LogP contribution in [0.4, 0.5) is 13.2 Å². The lowest BCUT2D eigenvalue weighted by Gasteiger charge is -2.06. The van der Waals surface area contributed by atoms with Gasteiger partial charge in [-0.2, -0.15) is 13.2 Å². The summed E-state index contributed by atoms with van der Waals surface area (Å²) in [5.74, 6) is 0. The van der Waals surface area contributed by atoms with E-state index in [1.807, 2.05) is 0 Å². The molecule has 0 aromatic carbocycles. The molecule has 92 valence electrons. The first-order chi connectivity index (χ1) is 7.49. The minimum absolute atomic E-state index is 0.167. The van der Waals surface area contributed by atoms with Gasteiger partial charge in [-0.15, -0.1) is 5.10 Å². The number of halogens is 3. The summed E-state index contributed by atoms with van der Waals surface area (Å²) in [4.78, 5) is 0. The molecule has 0 bridgehead atoms. The van der Waals surface area contributed by atoms with Gasteiger partial charge in [0.2, 0.25) is 0 Å². The third-order valence-electron chi connectivity index (χ3n) is 2.18. The molecule has 0 atom stereocenters. The van der Waals surface area contributed by atoms with Gasteiger partial charge in [-0.05, 0) is 19.4 Å². The maximum Gasteiger partial charge on any atom is 0.389 e. The number of nitrogens with zero attached hydrogens (tertiary/aromatic N) is 3. The van der Waals surface area contributed by atoms with E-state index in [9.17, 15) is 13.2 Å². The lowest BCUT2D eigenvalue weighted by Crippen LogP contribution is -2.17. The molecule has 0 amide bonds. The van der Waals surface area contributed by atoms with Crippen molar-refractivity contribution < 1.29 is 13.2 Å². The SMILES string of the molecule is Cn1nncc1CNCCCCC(F)(F)F. The molecule has 1 rings (SSSR count). The Morgan fingerprint density at radius 2 is 2.12 bits per heavy atom. The van der Waals surface area contributed by atoms with Crippen molar-refractivity contribution in [3.63, 3.8) is 0 Å². The summed E-state index contributed by atoms with van der Waals surface area (Å²) in [5, 5.41) is 10.5. The van der Waals surface area contributed by atoms with Crippen LogP contribution in [0, 0.1) is 0 Å². The topological polar surface area (TPSA) is 42.7 Å². The second-order valence-corrected chi connectivity index (χ2v) is 3.60.